The number of likely N-dealkylation sites (tertiary alicyclic amines) is 1. The minimum absolute atomic E-state index is 0.287. The molecule has 1 aromatic rings. The zero-order valence-electron chi connectivity index (χ0n) is 16.4. The van der Waals surface area contributed by atoms with Gasteiger partial charge in [-0.15, -0.1) is 0 Å². The van der Waals surface area contributed by atoms with Crippen LogP contribution in [0.2, 0.25) is 0 Å². The maximum Gasteiger partial charge on any atom is 0.227 e. The first kappa shape index (κ1) is 18.0. The average Bonchev–Trinajstić information content (AvgIpc) is 3.30. The van der Waals surface area contributed by atoms with Crippen molar-refractivity contribution in [1.82, 2.24) is 24.5 Å². The second-order valence-electron chi connectivity index (χ2n) is 8.42. The Morgan fingerprint density at radius 3 is 2.73 bits per heavy atom. The number of nitrogens with zero attached hydrogens (tertiary/aromatic N) is 5. The van der Waals surface area contributed by atoms with Crippen molar-refractivity contribution in [1.29, 1.82) is 0 Å². The van der Waals surface area contributed by atoms with Crippen molar-refractivity contribution in [3.8, 4) is 0 Å². The standard InChI is InChI=1S/C20H33N5O/c1-16(2)22-9-11-23(12-10-22)18-6-8-24(15-18)20(26)13-17-14-21-25-7-4-3-5-19(17)25/h14,16,18H,3-13,15H2,1-2H3. The fourth-order valence-electron chi connectivity index (χ4n) is 4.79. The first-order valence-electron chi connectivity index (χ1n) is 10.4. The van der Waals surface area contributed by atoms with Crippen molar-refractivity contribution >= 4 is 5.91 Å². The Morgan fingerprint density at radius 2 is 1.96 bits per heavy atom. The van der Waals surface area contributed by atoms with Crippen LogP contribution in [0.3, 0.4) is 0 Å². The summed E-state index contributed by atoms with van der Waals surface area (Å²) in [5.74, 6) is 0.287. The summed E-state index contributed by atoms with van der Waals surface area (Å²) in [7, 11) is 0. The number of carbonyl (C=O) groups excluding carboxylic acids is 1. The number of amides is 1. The number of hydrogen-bond acceptors (Lipinski definition) is 4. The Labute approximate surface area is 157 Å². The number of hydrogen-bond donors (Lipinski definition) is 0. The van der Waals surface area contributed by atoms with E-state index >= 15 is 0 Å². The molecule has 26 heavy (non-hydrogen) atoms. The molecule has 3 aliphatic rings. The first-order valence-corrected chi connectivity index (χ1v) is 10.4. The third-order valence-corrected chi connectivity index (χ3v) is 6.52. The molecule has 4 rings (SSSR count). The molecule has 0 aromatic carbocycles. The highest BCUT2D eigenvalue weighted by Crippen LogP contribution is 2.22. The summed E-state index contributed by atoms with van der Waals surface area (Å²) in [6.07, 6.45) is 7.09. The second-order valence-corrected chi connectivity index (χ2v) is 8.42. The second kappa shape index (κ2) is 7.69. The van der Waals surface area contributed by atoms with Gasteiger partial charge in [0.1, 0.15) is 0 Å². The molecule has 0 bridgehead atoms. The lowest BCUT2D eigenvalue weighted by atomic mass is 10.0. The average molecular weight is 360 g/mol. The first-order chi connectivity index (χ1) is 12.6. The Hall–Kier alpha value is -1.40. The summed E-state index contributed by atoms with van der Waals surface area (Å²) < 4.78 is 2.10. The van der Waals surface area contributed by atoms with Crippen LogP contribution >= 0.6 is 0 Å². The van der Waals surface area contributed by atoms with Crippen LogP contribution in [0.5, 0.6) is 0 Å². The summed E-state index contributed by atoms with van der Waals surface area (Å²) in [5, 5.41) is 4.48. The van der Waals surface area contributed by atoms with Crippen LogP contribution < -0.4 is 0 Å². The van der Waals surface area contributed by atoms with Crippen LogP contribution in [0.1, 0.15) is 44.4 Å². The molecule has 1 unspecified atom stereocenters. The summed E-state index contributed by atoms with van der Waals surface area (Å²) in [5.41, 5.74) is 2.45. The lowest BCUT2D eigenvalue weighted by Crippen LogP contribution is -2.52. The van der Waals surface area contributed by atoms with Crippen molar-refractivity contribution in [3.05, 3.63) is 17.5 Å². The van der Waals surface area contributed by atoms with E-state index in [1.165, 1.54) is 18.5 Å². The normalized spacial score (nSPS) is 25.0. The van der Waals surface area contributed by atoms with Gasteiger partial charge in [0.25, 0.3) is 0 Å². The van der Waals surface area contributed by atoms with Crippen LogP contribution in [0.4, 0.5) is 0 Å². The molecule has 0 N–H and O–H groups in total. The largest absolute Gasteiger partial charge is 0.341 e. The molecule has 0 radical (unpaired) electrons. The fourth-order valence-corrected chi connectivity index (χ4v) is 4.79. The number of aromatic nitrogens is 2. The maximum absolute atomic E-state index is 12.8. The van der Waals surface area contributed by atoms with Crippen molar-refractivity contribution < 1.29 is 4.79 Å². The molecule has 2 saturated heterocycles. The minimum atomic E-state index is 0.287. The van der Waals surface area contributed by atoms with Crippen molar-refractivity contribution in [2.45, 2.75) is 64.6 Å². The minimum Gasteiger partial charge on any atom is -0.341 e. The van der Waals surface area contributed by atoms with E-state index in [0.717, 1.165) is 64.2 Å². The molecule has 3 aliphatic heterocycles. The van der Waals surface area contributed by atoms with Gasteiger partial charge in [0, 0.05) is 69.2 Å². The number of rotatable bonds is 4. The van der Waals surface area contributed by atoms with Gasteiger partial charge in [-0.1, -0.05) is 0 Å². The van der Waals surface area contributed by atoms with Crippen LogP contribution in [0.25, 0.3) is 0 Å². The van der Waals surface area contributed by atoms with Crippen LogP contribution in [-0.4, -0.2) is 81.7 Å². The van der Waals surface area contributed by atoms with Gasteiger partial charge in [-0.2, -0.15) is 5.10 Å². The summed E-state index contributed by atoms with van der Waals surface area (Å²) in [6, 6.07) is 1.19. The lowest BCUT2D eigenvalue weighted by Gasteiger charge is -2.39. The molecule has 6 nitrogen and oxygen atoms in total. The Bertz CT molecular complexity index is 632. The molecule has 144 valence electrons. The lowest BCUT2D eigenvalue weighted by molar-refractivity contribution is -0.129. The summed E-state index contributed by atoms with van der Waals surface area (Å²) in [6.45, 7) is 12.0. The maximum atomic E-state index is 12.8. The number of aryl methyl sites for hydroxylation is 1. The van der Waals surface area contributed by atoms with E-state index in [1.54, 1.807) is 0 Å². The van der Waals surface area contributed by atoms with Gasteiger partial charge in [-0.25, -0.2) is 0 Å². The highest BCUT2D eigenvalue weighted by atomic mass is 16.2. The topological polar surface area (TPSA) is 44.6 Å². The molecular weight excluding hydrogens is 326 g/mol. The molecule has 0 spiro atoms. The Kier molecular flexibility index (Phi) is 5.32. The number of piperazine rings is 1. The van der Waals surface area contributed by atoms with E-state index < -0.39 is 0 Å². The molecule has 4 heterocycles. The van der Waals surface area contributed by atoms with Gasteiger partial charge >= 0.3 is 0 Å². The monoisotopic (exact) mass is 359 g/mol. The quantitative estimate of drug-likeness (QED) is 0.815. The third kappa shape index (κ3) is 3.67. The zero-order chi connectivity index (χ0) is 18.1. The molecule has 1 aromatic heterocycles. The fraction of sp³-hybridized carbons (Fsp3) is 0.800. The van der Waals surface area contributed by atoms with Crippen LogP contribution in [0, 0.1) is 0 Å². The molecule has 1 atom stereocenters. The van der Waals surface area contributed by atoms with Crippen LogP contribution in [-0.2, 0) is 24.2 Å². The number of carbonyl (C=O) groups is 1. The van der Waals surface area contributed by atoms with Gasteiger partial charge in [0.15, 0.2) is 0 Å². The Balaban J connectivity index is 1.30. The van der Waals surface area contributed by atoms with E-state index in [4.69, 9.17) is 0 Å². The smallest absolute Gasteiger partial charge is 0.227 e. The predicted molar refractivity (Wildman–Crippen MR) is 102 cm³/mol. The molecule has 1 amide bonds. The van der Waals surface area contributed by atoms with E-state index in [-0.39, 0.29) is 5.91 Å². The van der Waals surface area contributed by atoms with Crippen LogP contribution in [0.15, 0.2) is 6.20 Å². The molecule has 0 saturated carbocycles. The van der Waals surface area contributed by atoms with E-state index in [0.29, 0.717) is 18.5 Å². The van der Waals surface area contributed by atoms with Crippen molar-refractivity contribution in [2.24, 2.45) is 0 Å². The van der Waals surface area contributed by atoms with Crippen molar-refractivity contribution in [3.63, 3.8) is 0 Å². The Morgan fingerprint density at radius 1 is 1.15 bits per heavy atom. The predicted octanol–water partition coefficient (Wildman–Crippen LogP) is 1.39. The highest BCUT2D eigenvalue weighted by Gasteiger charge is 2.32. The molecular formula is C20H33N5O. The van der Waals surface area contributed by atoms with E-state index in [2.05, 4.69) is 38.3 Å². The molecule has 0 aliphatic carbocycles. The highest BCUT2D eigenvalue weighted by molar-refractivity contribution is 5.79. The van der Waals surface area contributed by atoms with Gasteiger partial charge in [-0.05, 0) is 39.5 Å². The third-order valence-electron chi connectivity index (χ3n) is 6.52. The van der Waals surface area contributed by atoms with Gasteiger partial charge in [-0.3, -0.25) is 19.3 Å². The van der Waals surface area contributed by atoms with Gasteiger partial charge in [0.2, 0.25) is 5.91 Å². The molecule has 2 fully saturated rings. The van der Waals surface area contributed by atoms with Crippen molar-refractivity contribution in [2.75, 3.05) is 39.3 Å². The zero-order valence-corrected chi connectivity index (χ0v) is 16.4. The SMILES string of the molecule is CC(C)N1CCN(C2CCN(C(=O)Cc3cnn4c3CCCC4)C2)CC1. The van der Waals surface area contributed by atoms with Gasteiger partial charge < -0.3 is 4.90 Å². The summed E-state index contributed by atoms with van der Waals surface area (Å²) in [4.78, 5) is 20.1. The van der Waals surface area contributed by atoms with E-state index in [1.807, 2.05) is 6.20 Å². The summed E-state index contributed by atoms with van der Waals surface area (Å²) >= 11 is 0. The van der Waals surface area contributed by atoms with Gasteiger partial charge in [0.05, 0.1) is 12.6 Å². The number of fused-ring (bicyclic) bond motifs is 1. The van der Waals surface area contributed by atoms with E-state index in [9.17, 15) is 4.79 Å². The molecule has 6 heteroatoms.